The molecule has 3 aromatic rings. The van der Waals surface area contributed by atoms with Gasteiger partial charge in [-0.25, -0.2) is 13.1 Å². The average molecular weight is 343 g/mol. The molecule has 24 heavy (non-hydrogen) atoms. The Morgan fingerprint density at radius 2 is 1.79 bits per heavy atom. The van der Waals surface area contributed by atoms with Gasteiger partial charge >= 0.3 is 0 Å². The summed E-state index contributed by atoms with van der Waals surface area (Å²) < 4.78 is 34.4. The van der Waals surface area contributed by atoms with Gasteiger partial charge in [-0.05, 0) is 61.5 Å². The molecular weight excluding hydrogens is 326 g/mol. The quantitative estimate of drug-likeness (QED) is 0.746. The number of aromatic nitrogens is 2. The second-order valence-electron chi connectivity index (χ2n) is 5.01. The number of hydrogen-bond donors (Lipinski definition) is 1. The molecule has 0 spiro atoms. The molecular formula is C17H17N3O3S. The van der Waals surface area contributed by atoms with Crippen molar-refractivity contribution in [1.82, 2.24) is 9.78 Å². The minimum atomic E-state index is -3.64. The first-order valence-electron chi connectivity index (χ1n) is 7.44. The molecule has 0 unspecified atom stereocenters. The fourth-order valence-corrected chi connectivity index (χ4v) is 3.26. The van der Waals surface area contributed by atoms with Crippen LogP contribution >= 0.6 is 0 Å². The summed E-state index contributed by atoms with van der Waals surface area (Å²) in [7, 11) is -3.64. The van der Waals surface area contributed by atoms with Gasteiger partial charge in [-0.2, -0.15) is 5.10 Å². The molecule has 0 aliphatic carbocycles. The second kappa shape index (κ2) is 6.76. The summed E-state index contributed by atoms with van der Waals surface area (Å²) in [6.07, 6.45) is 3.50. The zero-order valence-corrected chi connectivity index (χ0v) is 13.9. The zero-order chi connectivity index (χ0) is 17.0. The van der Waals surface area contributed by atoms with Crippen LogP contribution in [-0.4, -0.2) is 24.8 Å². The molecule has 1 aromatic heterocycles. The lowest BCUT2D eigenvalue weighted by atomic mass is 10.3. The SMILES string of the molecule is CCOc1ccc(S(=O)(=O)Nc2ccc(-n3cccn3)cc2)cc1. The highest BCUT2D eigenvalue weighted by molar-refractivity contribution is 7.92. The zero-order valence-electron chi connectivity index (χ0n) is 13.1. The highest BCUT2D eigenvalue weighted by Gasteiger charge is 2.14. The lowest BCUT2D eigenvalue weighted by Crippen LogP contribution is -2.13. The molecule has 3 rings (SSSR count). The van der Waals surface area contributed by atoms with E-state index in [9.17, 15) is 8.42 Å². The molecule has 0 radical (unpaired) electrons. The number of benzene rings is 2. The van der Waals surface area contributed by atoms with Crippen molar-refractivity contribution in [2.24, 2.45) is 0 Å². The van der Waals surface area contributed by atoms with Crippen LogP contribution in [0.2, 0.25) is 0 Å². The lowest BCUT2D eigenvalue weighted by Gasteiger charge is -2.10. The molecule has 0 saturated heterocycles. The van der Waals surface area contributed by atoms with Crippen molar-refractivity contribution in [2.75, 3.05) is 11.3 Å². The van der Waals surface area contributed by atoms with Crippen LogP contribution in [0.25, 0.3) is 5.69 Å². The van der Waals surface area contributed by atoms with Gasteiger partial charge in [0.1, 0.15) is 5.75 Å². The van der Waals surface area contributed by atoms with Gasteiger partial charge in [0.05, 0.1) is 17.2 Å². The maximum atomic E-state index is 12.4. The fourth-order valence-electron chi connectivity index (χ4n) is 2.20. The monoisotopic (exact) mass is 343 g/mol. The van der Waals surface area contributed by atoms with Crippen molar-refractivity contribution in [3.63, 3.8) is 0 Å². The van der Waals surface area contributed by atoms with Gasteiger partial charge in [0.2, 0.25) is 0 Å². The second-order valence-corrected chi connectivity index (χ2v) is 6.69. The third-order valence-electron chi connectivity index (χ3n) is 3.33. The molecule has 1 heterocycles. The highest BCUT2D eigenvalue weighted by atomic mass is 32.2. The molecule has 0 fully saturated rings. The number of anilines is 1. The number of hydrogen-bond acceptors (Lipinski definition) is 4. The normalized spacial score (nSPS) is 11.2. The van der Waals surface area contributed by atoms with Crippen LogP contribution in [0, 0.1) is 0 Å². The summed E-state index contributed by atoms with van der Waals surface area (Å²) in [5, 5.41) is 4.13. The molecule has 0 bridgehead atoms. The summed E-state index contributed by atoms with van der Waals surface area (Å²) >= 11 is 0. The van der Waals surface area contributed by atoms with Crippen LogP contribution in [0.4, 0.5) is 5.69 Å². The Labute approximate surface area is 140 Å². The van der Waals surface area contributed by atoms with Crippen molar-refractivity contribution in [1.29, 1.82) is 0 Å². The number of sulfonamides is 1. The van der Waals surface area contributed by atoms with E-state index >= 15 is 0 Å². The summed E-state index contributed by atoms with van der Waals surface area (Å²) in [6, 6.07) is 15.1. The Morgan fingerprint density at radius 3 is 2.38 bits per heavy atom. The fraction of sp³-hybridized carbons (Fsp3) is 0.118. The van der Waals surface area contributed by atoms with Gasteiger partial charge in [-0.3, -0.25) is 4.72 Å². The minimum Gasteiger partial charge on any atom is -0.494 e. The molecule has 2 aromatic carbocycles. The molecule has 7 heteroatoms. The Kier molecular flexibility index (Phi) is 4.52. The predicted octanol–water partition coefficient (Wildman–Crippen LogP) is 3.07. The van der Waals surface area contributed by atoms with E-state index in [1.54, 1.807) is 47.3 Å². The molecule has 0 amide bonds. The average Bonchev–Trinajstić information content (AvgIpc) is 3.10. The van der Waals surface area contributed by atoms with Crippen LogP contribution in [0.1, 0.15) is 6.92 Å². The van der Waals surface area contributed by atoms with Gasteiger partial charge < -0.3 is 4.74 Å². The largest absolute Gasteiger partial charge is 0.494 e. The van der Waals surface area contributed by atoms with Crippen LogP contribution in [0.15, 0.2) is 71.9 Å². The maximum absolute atomic E-state index is 12.4. The number of ether oxygens (including phenoxy) is 1. The minimum absolute atomic E-state index is 0.183. The Bertz CT molecular complexity index is 887. The molecule has 124 valence electrons. The number of nitrogens with one attached hydrogen (secondary N) is 1. The topological polar surface area (TPSA) is 73.2 Å². The standard InChI is InChI=1S/C17H17N3O3S/c1-2-23-16-8-10-17(11-9-16)24(21,22)19-14-4-6-15(7-5-14)20-13-3-12-18-20/h3-13,19H,2H2,1H3. The molecule has 1 N–H and O–H groups in total. The van der Waals surface area contributed by atoms with Gasteiger partial charge in [0.25, 0.3) is 10.0 Å². The van der Waals surface area contributed by atoms with Crippen molar-refractivity contribution >= 4 is 15.7 Å². The molecule has 0 aliphatic heterocycles. The smallest absolute Gasteiger partial charge is 0.261 e. The Hall–Kier alpha value is -2.80. The van der Waals surface area contributed by atoms with Gasteiger partial charge in [-0.1, -0.05) is 0 Å². The summed E-state index contributed by atoms with van der Waals surface area (Å²) in [5.74, 6) is 0.639. The molecule has 0 aliphatic rings. The molecule has 0 atom stereocenters. The van der Waals surface area contributed by atoms with E-state index in [0.29, 0.717) is 18.0 Å². The van der Waals surface area contributed by atoms with Gasteiger partial charge in [-0.15, -0.1) is 0 Å². The van der Waals surface area contributed by atoms with Crippen molar-refractivity contribution < 1.29 is 13.2 Å². The van der Waals surface area contributed by atoms with E-state index in [-0.39, 0.29) is 4.90 Å². The van der Waals surface area contributed by atoms with Gasteiger partial charge in [0.15, 0.2) is 0 Å². The van der Waals surface area contributed by atoms with Crippen molar-refractivity contribution in [3.05, 3.63) is 67.0 Å². The van der Waals surface area contributed by atoms with E-state index in [0.717, 1.165) is 5.69 Å². The van der Waals surface area contributed by atoms with Crippen LogP contribution < -0.4 is 9.46 Å². The predicted molar refractivity (Wildman–Crippen MR) is 92.0 cm³/mol. The van der Waals surface area contributed by atoms with E-state index < -0.39 is 10.0 Å². The van der Waals surface area contributed by atoms with E-state index in [4.69, 9.17) is 4.74 Å². The third kappa shape index (κ3) is 3.57. The number of nitrogens with zero attached hydrogens (tertiary/aromatic N) is 2. The highest BCUT2D eigenvalue weighted by Crippen LogP contribution is 2.20. The maximum Gasteiger partial charge on any atom is 0.261 e. The first kappa shape index (κ1) is 16.1. The van der Waals surface area contributed by atoms with E-state index in [1.165, 1.54) is 12.1 Å². The Balaban J connectivity index is 1.76. The Morgan fingerprint density at radius 1 is 1.08 bits per heavy atom. The number of rotatable bonds is 6. The van der Waals surface area contributed by atoms with Crippen LogP contribution in [0.5, 0.6) is 5.75 Å². The van der Waals surface area contributed by atoms with Crippen molar-refractivity contribution in [3.8, 4) is 11.4 Å². The summed E-state index contributed by atoms with van der Waals surface area (Å²) in [6.45, 7) is 2.41. The first-order chi connectivity index (χ1) is 11.6. The van der Waals surface area contributed by atoms with Crippen LogP contribution in [-0.2, 0) is 10.0 Å². The van der Waals surface area contributed by atoms with Crippen LogP contribution in [0.3, 0.4) is 0 Å². The summed E-state index contributed by atoms with van der Waals surface area (Å²) in [5.41, 5.74) is 1.34. The molecule has 0 saturated carbocycles. The van der Waals surface area contributed by atoms with E-state index in [2.05, 4.69) is 9.82 Å². The van der Waals surface area contributed by atoms with E-state index in [1.807, 2.05) is 19.2 Å². The first-order valence-corrected chi connectivity index (χ1v) is 8.92. The third-order valence-corrected chi connectivity index (χ3v) is 4.73. The summed E-state index contributed by atoms with van der Waals surface area (Å²) in [4.78, 5) is 0.183. The van der Waals surface area contributed by atoms with Gasteiger partial charge in [0, 0.05) is 18.1 Å². The lowest BCUT2D eigenvalue weighted by molar-refractivity contribution is 0.340. The van der Waals surface area contributed by atoms with Crippen molar-refractivity contribution in [2.45, 2.75) is 11.8 Å². The molecule has 6 nitrogen and oxygen atoms in total.